The van der Waals surface area contributed by atoms with Crippen LogP contribution in [0.2, 0.25) is 0 Å². The lowest BCUT2D eigenvalue weighted by Gasteiger charge is -2.43. The van der Waals surface area contributed by atoms with Crippen LogP contribution in [0.1, 0.15) is 26.7 Å². The van der Waals surface area contributed by atoms with E-state index in [2.05, 4.69) is 22.8 Å². The summed E-state index contributed by atoms with van der Waals surface area (Å²) in [6.45, 7) is 5.07. The number of hydrogen-bond donors (Lipinski definition) is 2. The lowest BCUT2D eigenvalue weighted by molar-refractivity contribution is -0.140. The molecule has 4 nitrogen and oxygen atoms in total. The van der Waals surface area contributed by atoms with Crippen molar-refractivity contribution in [1.82, 2.24) is 10.6 Å². The third kappa shape index (κ3) is 2.28. The van der Waals surface area contributed by atoms with Crippen molar-refractivity contribution in [2.75, 3.05) is 13.1 Å². The maximum atomic E-state index is 12.2. The highest BCUT2D eigenvalue weighted by molar-refractivity contribution is 5.89. The molecule has 4 heteroatoms. The van der Waals surface area contributed by atoms with Gasteiger partial charge in [0.1, 0.15) is 0 Å². The van der Waals surface area contributed by atoms with Crippen LogP contribution in [-0.4, -0.2) is 24.9 Å². The fraction of sp³-hybridized carbons (Fsp3) is 0.714. The number of carbonyl (C=O) groups excluding carboxylic acids is 2. The smallest absolute Gasteiger partial charge is 0.224 e. The Labute approximate surface area is 108 Å². The van der Waals surface area contributed by atoms with E-state index in [1.165, 1.54) is 0 Å². The summed E-state index contributed by atoms with van der Waals surface area (Å²) in [5.74, 6) is 0.171. The van der Waals surface area contributed by atoms with Gasteiger partial charge in [0.25, 0.3) is 0 Å². The second-order valence-electron chi connectivity index (χ2n) is 5.13. The Bertz CT molecular complexity index is 331. The first-order valence-electron chi connectivity index (χ1n) is 6.92. The minimum Gasteiger partial charge on any atom is -0.356 e. The normalized spacial score (nSPS) is 33.2. The van der Waals surface area contributed by atoms with E-state index >= 15 is 0 Å². The summed E-state index contributed by atoms with van der Waals surface area (Å²) >= 11 is 0. The molecule has 3 aliphatic rings. The number of carbonyl (C=O) groups is 2. The molecule has 100 valence electrons. The average molecular weight is 250 g/mol. The summed E-state index contributed by atoms with van der Waals surface area (Å²) in [5.41, 5.74) is 0. The number of fused-ring (bicyclic) bond motifs is 2. The molecule has 0 aromatic heterocycles. The summed E-state index contributed by atoms with van der Waals surface area (Å²) in [6.07, 6.45) is 6.31. The van der Waals surface area contributed by atoms with Crippen molar-refractivity contribution in [1.29, 1.82) is 0 Å². The zero-order valence-electron chi connectivity index (χ0n) is 11.1. The Morgan fingerprint density at radius 1 is 0.944 bits per heavy atom. The molecule has 0 heterocycles. The predicted molar refractivity (Wildman–Crippen MR) is 69.7 cm³/mol. The largest absolute Gasteiger partial charge is 0.356 e. The van der Waals surface area contributed by atoms with Crippen molar-refractivity contribution < 1.29 is 9.59 Å². The molecule has 0 unspecified atom stereocenters. The second-order valence-corrected chi connectivity index (χ2v) is 5.13. The first-order chi connectivity index (χ1) is 8.69. The third-order valence-electron chi connectivity index (χ3n) is 4.06. The van der Waals surface area contributed by atoms with Gasteiger partial charge in [0.2, 0.25) is 11.8 Å². The second kappa shape index (κ2) is 5.55. The van der Waals surface area contributed by atoms with Crippen LogP contribution in [-0.2, 0) is 9.59 Å². The molecule has 3 aliphatic carbocycles. The fourth-order valence-electron chi connectivity index (χ4n) is 3.29. The van der Waals surface area contributed by atoms with Crippen LogP contribution in [0, 0.1) is 23.7 Å². The number of hydrogen-bond acceptors (Lipinski definition) is 2. The van der Waals surface area contributed by atoms with Crippen LogP contribution in [0.25, 0.3) is 0 Å². The van der Waals surface area contributed by atoms with Gasteiger partial charge in [0, 0.05) is 13.1 Å². The molecular weight excluding hydrogens is 228 g/mol. The van der Waals surface area contributed by atoms with E-state index in [4.69, 9.17) is 0 Å². The van der Waals surface area contributed by atoms with Crippen LogP contribution < -0.4 is 10.6 Å². The first-order valence-corrected chi connectivity index (χ1v) is 6.92. The molecule has 2 bridgehead atoms. The molecule has 0 radical (unpaired) electrons. The number of nitrogens with one attached hydrogen (secondary N) is 2. The van der Waals surface area contributed by atoms with Crippen molar-refractivity contribution in [3.05, 3.63) is 12.2 Å². The first kappa shape index (κ1) is 13.1. The highest BCUT2D eigenvalue weighted by Crippen LogP contribution is 2.44. The Hall–Kier alpha value is -1.32. The Balaban J connectivity index is 2.20. The topological polar surface area (TPSA) is 58.2 Å². The zero-order valence-corrected chi connectivity index (χ0v) is 11.1. The highest BCUT2D eigenvalue weighted by atomic mass is 16.2. The molecule has 0 aliphatic heterocycles. The van der Waals surface area contributed by atoms with Crippen LogP contribution in [0.3, 0.4) is 0 Å². The Morgan fingerprint density at radius 3 is 1.61 bits per heavy atom. The lowest BCUT2D eigenvalue weighted by Crippen LogP contribution is -2.51. The van der Waals surface area contributed by atoms with Gasteiger partial charge in [-0.25, -0.2) is 0 Å². The minimum absolute atomic E-state index is 0.0350. The van der Waals surface area contributed by atoms with Crippen molar-refractivity contribution in [2.24, 2.45) is 23.7 Å². The summed E-state index contributed by atoms with van der Waals surface area (Å²) in [4.78, 5) is 24.4. The summed E-state index contributed by atoms with van der Waals surface area (Å²) < 4.78 is 0. The molecule has 0 aromatic carbocycles. The van der Waals surface area contributed by atoms with Crippen molar-refractivity contribution >= 4 is 11.8 Å². The molecule has 0 saturated heterocycles. The van der Waals surface area contributed by atoms with Crippen molar-refractivity contribution in [3.63, 3.8) is 0 Å². The van der Waals surface area contributed by atoms with E-state index < -0.39 is 0 Å². The number of allylic oxidation sites excluding steroid dienone is 2. The summed E-state index contributed by atoms with van der Waals surface area (Å²) in [6, 6.07) is 0. The van der Waals surface area contributed by atoms with Gasteiger partial charge in [-0.15, -0.1) is 0 Å². The van der Waals surface area contributed by atoms with Gasteiger partial charge in [-0.2, -0.15) is 0 Å². The van der Waals surface area contributed by atoms with Gasteiger partial charge in [-0.05, 0) is 38.5 Å². The van der Waals surface area contributed by atoms with Gasteiger partial charge in [0.15, 0.2) is 0 Å². The molecule has 18 heavy (non-hydrogen) atoms. The van der Waals surface area contributed by atoms with Crippen molar-refractivity contribution in [3.8, 4) is 0 Å². The minimum atomic E-state index is -0.180. The molecule has 1 fully saturated rings. The summed E-state index contributed by atoms with van der Waals surface area (Å²) in [7, 11) is 0. The van der Waals surface area contributed by atoms with Gasteiger partial charge < -0.3 is 10.6 Å². The molecule has 4 atom stereocenters. The highest BCUT2D eigenvalue weighted by Gasteiger charge is 2.47. The number of rotatable bonds is 4. The van der Waals surface area contributed by atoms with Crippen molar-refractivity contribution in [2.45, 2.75) is 26.7 Å². The zero-order chi connectivity index (χ0) is 13.1. The van der Waals surface area contributed by atoms with E-state index in [1.54, 1.807) is 0 Å². The van der Waals surface area contributed by atoms with Gasteiger partial charge in [0.05, 0.1) is 11.8 Å². The molecule has 0 aromatic rings. The third-order valence-corrected chi connectivity index (χ3v) is 4.06. The lowest BCUT2D eigenvalue weighted by atomic mass is 9.61. The van der Waals surface area contributed by atoms with Gasteiger partial charge in [-0.3, -0.25) is 9.59 Å². The molecule has 2 N–H and O–H groups in total. The Kier molecular flexibility index (Phi) is 4.04. The van der Waals surface area contributed by atoms with Gasteiger partial charge >= 0.3 is 0 Å². The van der Waals surface area contributed by atoms with E-state index in [0.29, 0.717) is 13.1 Å². The monoisotopic (exact) mass is 250 g/mol. The molecular formula is C14H22N2O2. The van der Waals surface area contributed by atoms with Crippen LogP contribution >= 0.6 is 0 Å². The quantitative estimate of drug-likeness (QED) is 0.734. The van der Waals surface area contributed by atoms with Crippen LogP contribution in [0.15, 0.2) is 12.2 Å². The maximum Gasteiger partial charge on any atom is 0.224 e. The molecule has 1 saturated carbocycles. The van der Waals surface area contributed by atoms with Crippen LogP contribution in [0.4, 0.5) is 0 Å². The standard InChI is InChI=1S/C14H22N2O2/c1-3-15-13(17)11-9-5-7-10(8-6-9)12(11)14(18)16-4-2/h5,7,9-12H,3-4,6,8H2,1-2H3,(H,15,17)(H,16,18)/t9-,10+,11-,12-/m0/s1. The van der Waals surface area contributed by atoms with Crippen LogP contribution in [0.5, 0.6) is 0 Å². The SMILES string of the molecule is CCNC(=O)[C@@H]1[C@@H](C(=O)NCC)[C@H]2C=C[C@@H]1CC2. The molecule has 3 rings (SSSR count). The van der Waals surface area contributed by atoms with E-state index in [-0.39, 0.29) is 35.5 Å². The maximum absolute atomic E-state index is 12.2. The average Bonchev–Trinajstić information content (AvgIpc) is 2.39. The Morgan fingerprint density at radius 2 is 1.33 bits per heavy atom. The molecule has 0 spiro atoms. The number of amides is 2. The van der Waals surface area contributed by atoms with E-state index in [1.807, 2.05) is 13.8 Å². The summed E-state index contributed by atoms with van der Waals surface area (Å²) in [5, 5.41) is 5.75. The van der Waals surface area contributed by atoms with E-state index in [9.17, 15) is 9.59 Å². The van der Waals surface area contributed by atoms with Gasteiger partial charge in [-0.1, -0.05) is 12.2 Å². The predicted octanol–water partition coefficient (Wildman–Crippen LogP) is 1.09. The fourth-order valence-corrected chi connectivity index (χ4v) is 3.29. The van der Waals surface area contributed by atoms with E-state index in [0.717, 1.165) is 12.8 Å². The molecule has 2 amide bonds.